The highest BCUT2D eigenvalue weighted by molar-refractivity contribution is 5.83. The maximum absolute atomic E-state index is 11.4. The Morgan fingerprint density at radius 2 is 2.22 bits per heavy atom. The molecule has 0 spiro atoms. The molecule has 1 amide bonds. The van der Waals surface area contributed by atoms with Gasteiger partial charge in [0.05, 0.1) is 6.61 Å². The van der Waals surface area contributed by atoms with Crippen LogP contribution in [0.5, 0.6) is 0 Å². The Labute approximate surface area is 106 Å². The lowest BCUT2D eigenvalue weighted by Gasteiger charge is -2.38. The van der Waals surface area contributed by atoms with E-state index in [1.807, 2.05) is 6.92 Å². The summed E-state index contributed by atoms with van der Waals surface area (Å²) in [6.45, 7) is 6.06. The van der Waals surface area contributed by atoms with E-state index in [4.69, 9.17) is 10.5 Å². The predicted octanol–water partition coefficient (Wildman–Crippen LogP) is -0.139. The van der Waals surface area contributed by atoms with Gasteiger partial charge in [0.1, 0.15) is 5.82 Å². The smallest absolute Gasteiger partial charge is 0.250 e. The molecule has 1 aliphatic heterocycles. The standard InChI is InChI=1S/C12H18N4O2/c1-9-14-5-10(6-15-9)7-16-3-4-18-12(2,8-16)11(13)17/h5-6H,3-4,7-8H2,1-2H3,(H2,13,17). The van der Waals surface area contributed by atoms with Crippen molar-refractivity contribution in [3.63, 3.8) is 0 Å². The van der Waals surface area contributed by atoms with Crippen LogP contribution in [0.4, 0.5) is 0 Å². The Morgan fingerprint density at radius 3 is 2.83 bits per heavy atom. The summed E-state index contributed by atoms with van der Waals surface area (Å²) in [4.78, 5) is 21.8. The first-order valence-corrected chi connectivity index (χ1v) is 5.93. The van der Waals surface area contributed by atoms with E-state index >= 15 is 0 Å². The third-order valence-electron chi connectivity index (χ3n) is 3.12. The van der Waals surface area contributed by atoms with Gasteiger partial charge in [0.2, 0.25) is 0 Å². The van der Waals surface area contributed by atoms with Gasteiger partial charge in [0.15, 0.2) is 5.60 Å². The largest absolute Gasteiger partial charge is 0.367 e. The predicted molar refractivity (Wildman–Crippen MR) is 65.6 cm³/mol. The number of carbonyl (C=O) groups excluding carboxylic acids is 1. The molecule has 6 nitrogen and oxygen atoms in total. The van der Waals surface area contributed by atoms with E-state index in [2.05, 4.69) is 14.9 Å². The number of hydrogen-bond acceptors (Lipinski definition) is 5. The van der Waals surface area contributed by atoms with E-state index in [1.165, 1.54) is 0 Å². The van der Waals surface area contributed by atoms with Crippen LogP contribution in [0.2, 0.25) is 0 Å². The number of ether oxygens (including phenoxy) is 1. The number of primary amides is 1. The third-order valence-corrected chi connectivity index (χ3v) is 3.12. The third kappa shape index (κ3) is 2.83. The van der Waals surface area contributed by atoms with Crippen molar-refractivity contribution in [2.75, 3.05) is 19.7 Å². The van der Waals surface area contributed by atoms with Crippen LogP contribution in [0.25, 0.3) is 0 Å². The lowest BCUT2D eigenvalue weighted by Crippen LogP contribution is -2.56. The number of aromatic nitrogens is 2. The van der Waals surface area contributed by atoms with Gasteiger partial charge >= 0.3 is 0 Å². The summed E-state index contributed by atoms with van der Waals surface area (Å²) in [5, 5.41) is 0. The second-order valence-electron chi connectivity index (χ2n) is 4.79. The zero-order chi connectivity index (χ0) is 13.2. The molecule has 1 unspecified atom stereocenters. The SMILES string of the molecule is Cc1ncc(CN2CCOC(C)(C(N)=O)C2)cn1. The van der Waals surface area contributed by atoms with E-state index in [0.717, 1.165) is 17.9 Å². The van der Waals surface area contributed by atoms with E-state index in [1.54, 1.807) is 19.3 Å². The average molecular weight is 250 g/mol. The van der Waals surface area contributed by atoms with Gasteiger partial charge in [-0.25, -0.2) is 9.97 Å². The van der Waals surface area contributed by atoms with Crippen molar-refractivity contribution < 1.29 is 9.53 Å². The molecule has 1 aromatic rings. The minimum atomic E-state index is -0.899. The number of morpholine rings is 1. The molecular weight excluding hydrogens is 232 g/mol. The minimum absolute atomic E-state index is 0.424. The van der Waals surface area contributed by atoms with Crippen molar-refractivity contribution in [2.45, 2.75) is 26.0 Å². The topological polar surface area (TPSA) is 81.3 Å². The van der Waals surface area contributed by atoms with E-state index < -0.39 is 11.5 Å². The van der Waals surface area contributed by atoms with Crippen molar-refractivity contribution in [3.05, 3.63) is 23.8 Å². The second kappa shape index (κ2) is 4.99. The van der Waals surface area contributed by atoms with Crippen LogP contribution in [-0.4, -0.2) is 46.1 Å². The summed E-state index contributed by atoms with van der Waals surface area (Å²) >= 11 is 0. The van der Waals surface area contributed by atoms with E-state index in [-0.39, 0.29) is 0 Å². The lowest BCUT2D eigenvalue weighted by atomic mass is 10.0. The van der Waals surface area contributed by atoms with Gasteiger partial charge in [-0.3, -0.25) is 9.69 Å². The Morgan fingerprint density at radius 1 is 1.56 bits per heavy atom. The molecule has 1 fully saturated rings. The van der Waals surface area contributed by atoms with Crippen LogP contribution in [0.15, 0.2) is 12.4 Å². The Hall–Kier alpha value is -1.53. The van der Waals surface area contributed by atoms with Crippen molar-refractivity contribution in [2.24, 2.45) is 5.73 Å². The number of carbonyl (C=O) groups is 1. The van der Waals surface area contributed by atoms with Gasteiger partial charge < -0.3 is 10.5 Å². The van der Waals surface area contributed by atoms with Gasteiger partial charge in [-0.2, -0.15) is 0 Å². The van der Waals surface area contributed by atoms with Crippen molar-refractivity contribution in [1.29, 1.82) is 0 Å². The number of nitrogens with two attached hydrogens (primary N) is 1. The molecule has 0 aliphatic carbocycles. The fourth-order valence-corrected chi connectivity index (χ4v) is 1.99. The normalized spacial score (nSPS) is 25.0. The molecule has 0 saturated carbocycles. The first-order chi connectivity index (χ1) is 8.49. The van der Waals surface area contributed by atoms with Crippen LogP contribution in [0.1, 0.15) is 18.3 Å². The molecule has 1 aliphatic rings. The average Bonchev–Trinajstić information content (AvgIpc) is 2.32. The number of rotatable bonds is 3. The molecule has 18 heavy (non-hydrogen) atoms. The van der Waals surface area contributed by atoms with Crippen LogP contribution in [0.3, 0.4) is 0 Å². The summed E-state index contributed by atoms with van der Waals surface area (Å²) in [5.74, 6) is 0.329. The Balaban J connectivity index is 2.02. The summed E-state index contributed by atoms with van der Waals surface area (Å²) in [6, 6.07) is 0. The molecule has 98 valence electrons. The van der Waals surface area contributed by atoms with Crippen LogP contribution >= 0.6 is 0 Å². The number of nitrogens with zero attached hydrogens (tertiary/aromatic N) is 3. The second-order valence-corrected chi connectivity index (χ2v) is 4.79. The summed E-state index contributed by atoms with van der Waals surface area (Å²) < 4.78 is 5.47. The number of hydrogen-bond donors (Lipinski definition) is 1. The molecule has 2 N–H and O–H groups in total. The minimum Gasteiger partial charge on any atom is -0.367 e. The van der Waals surface area contributed by atoms with Gasteiger partial charge in [0.25, 0.3) is 5.91 Å². The zero-order valence-corrected chi connectivity index (χ0v) is 10.7. The maximum Gasteiger partial charge on any atom is 0.250 e. The quantitative estimate of drug-likeness (QED) is 0.807. The maximum atomic E-state index is 11.4. The highest BCUT2D eigenvalue weighted by Gasteiger charge is 2.37. The lowest BCUT2D eigenvalue weighted by molar-refractivity contribution is -0.153. The molecule has 1 aromatic heterocycles. The zero-order valence-electron chi connectivity index (χ0n) is 10.7. The van der Waals surface area contributed by atoms with Gasteiger partial charge in [-0.05, 0) is 13.8 Å². The fourth-order valence-electron chi connectivity index (χ4n) is 1.99. The Bertz CT molecular complexity index is 434. The fraction of sp³-hybridized carbons (Fsp3) is 0.583. The van der Waals surface area contributed by atoms with Gasteiger partial charge in [-0.1, -0.05) is 0 Å². The monoisotopic (exact) mass is 250 g/mol. The van der Waals surface area contributed by atoms with Crippen LogP contribution in [0, 0.1) is 6.92 Å². The molecule has 1 atom stereocenters. The highest BCUT2D eigenvalue weighted by atomic mass is 16.5. The number of amides is 1. The summed E-state index contributed by atoms with van der Waals surface area (Å²) in [5.41, 5.74) is 5.49. The molecule has 2 rings (SSSR count). The first-order valence-electron chi connectivity index (χ1n) is 5.93. The van der Waals surface area contributed by atoms with Gasteiger partial charge in [-0.15, -0.1) is 0 Å². The first kappa shape index (κ1) is 12.9. The van der Waals surface area contributed by atoms with Crippen molar-refractivity contribution >= 4 is 5.91 Å². The highest BCUT2D eigenvalue weighted by Crippen LogP contribution is 2.18. The molecule has 0 bridgehead atoms. The summed E-state index contributed by atoms with van der Waals surface area (Å²) in [7, 11) is 0. The number of aryl methyl sites for hydroxylation is 1. The molecule has 6 heteroatoms. The van der Waals surface area contributed by atoms with Crippen molar-refractivity contribution in [3.8, 4) is 0 Å². The van der Waals surface area contributed by atoms with Crippen LogP contribution < -0.4 is 5.73 Å². The molecule has 1 saturated heterocycles. The van der Waals surface area contributed by atoms with E-state index in [9.17, 15) is 4.79 Å². The van der Waals surface area contributed by atoms with Gasteiger partial charge in [0, 0.05) is 37.6 Å². The molecule has 0 radical (unpaired) electrons. The molecular formula is C12H18N4O2. The summed E-state index contributed by atoms with van der Waals surface area (Å²) in [6.07, 6.45) is 3.61. The van der Waals surface area contributed by atoms with Crippen LogP contribution in [-0.2, 0) is 16.1 Å². The van der Waals surface area contributed by atoms with Crippen molar-refractivity contribution in [1.82, 2.24) is 14.9 Å². The Kier molecular flexibility index (Phi) is 3.58. The molecule has 0 aromatic carbocycles. The van der Waals surface area contributed by atoms with E-state index in [0.29, 0.717) is 19.7 Å². The molecule has 2 heterocycles.